The lowest BCUT2D eigenvalue weighted by Crippen LogP contribution is -2.54. The number of carbonyl (C=O) groups excluding carboxylic acids is 2. The highest BCUT2D eigenvalue weighted by atomic mass is 127. The lowest BCUT2D eigenvalue weighted by Gasteiger charge is -2.43. The van der Waals surface area contributed by atoms with Crippen molar-refractivity contribution < 1.29 is 23.5 Å². The van der Waals surface area contributed by atoms with Crippen molar-refractivity contribution in [2.75, 3.05) is 11.0 Å². The Morgan fingerprint density at radius 3 is 2.40 bits per heavy atom. The van der Waals surface area contributed by atoms with Crippen molar-refractivity contribution in [2.24, 2.45) is 16.7 Å². The van der Waals surface area contributed by atoms with Crippen LogP contribution in [0.2, 0.25) is 18.1 Å². The molecule has 2 heterocycles. The third kappa shape index (κ3) is 2.20. The van der Waals surface area contributed by atoms with Crippen LogP contribution in [0, 0.1) is 16.7 Å². The Hall–Kier alpha value is -0.153. The topological polar surface area (TPSA) is 61.8 Å². The summed E-state index contributed by atoms with van der Waals surface area (Å²) in [6, 6.07) is 0. The number of rotatable bonds is 3. The van der Waals surface area contributed by atoms with Crippen molar-refractivity contribution >= 4 is 42.8 Å². The zero-order valence-electron chi connectivity index (χ0n) is 16.2. The van der Waals surface area contributed by atoms with Gasteiger partial charge < -0.3 is 13.9 Å². The molecule has 0 aromatic carbocycles. The fraction of sp³-hybridized carbons (Fsp3) is 0.889. The highest BCUT2D eigenvalue weighted by Crippen LogP contribution is 2.70. The van der Waals surface area contributed by atoms with Crippen molar-refractivity contribution in [2.45, 2.75) is 70.9 Å². The minimum atomic E-state index is -2.14. The van der Waals surface area contributed by atoms with E-state index in [1.807, 2.05) is 13.8 Å². The first kappa shape index (κ1) is 19.6. The van der Waals surface area contributed by atoms with Crippen LogP contribution in [0.25, 0.3) is 0 Å². The monoisotopic (exact) mass is 480 g/mol. The van der Waals surface area contributed by atoms with Crippen molar-refractivity contribution in [1.82, 2.24) is 0 Å². The first-order chi connectivity index (χ1) is 11.3. The summed E-state index contributed by atoms with van der Waals surface area (Å²) in [6.07, 6.45) is -0.0320. The van der Waals surface area contributed by atoms with Crippen LogP contribution in [-0.2, 0) is 23.5 Å². The van der Waals surface area contributed by atoms with Crippen LogP contribution < -0.4 is 0 Å². The van der Waals surface area contributed by atoms with Crippen molar-refractivity contribution in [1.29, 1.82) is 0 Å². The predicted octanol–water partition coefficient (Wildman–Crippen LogP) is 3.70. The van der Waals surface area contributed by atoms with Crippen LogP contribution in [0.4, 0.5) is 0 Å². The standard InChI is InChI=1S/C18H29IO5Si/c1-15(2,3)25(6,7)24-13-11-8-12(20)23-18(11,9-19)16(4)10-22-14(21)17(13,16)5/h11,13H,8-10H2,1-7H3/t11-,13-,16-,17+,18-/m1/s1. The Kier molecular flexibility index (Phi) is 4.26. The highest BCUT2D eigenvalue weighted by molar-refractivity contribution is 14.1. The number of fused-ring (bicyclic) bond motifs is 3. The average Bonchev–Trinajstić information content (AvgIpc) is 2.99. The summed E-state index contributed by atoms with van der Waals surface area (Å²) in [7, 11) is -2.14. The summed E-state index contributed by atoms with van der Waals surface area (Å²) in [5.41, 5.74) is -2.06. The fourth-order valence-electron chi connectivity index (χ4n) is 4.64. The molecular formula is C18H29IO5Si. The van der Waals surface area contributed by atoms with Gasteiger partial charge in [0.05, 0.1) is 17.9 Å². The van der Waals surface area contributed by atoms with Crippen LogP contribution in [-0.4, -0.2) is 43.0 Å². The SMILES string of the molecule is CC(C)(C)[Si](C)(C)O[C@@H]1[C@H]2CC(=O)O[C@@]2(CI)[C@]2(C)COC(=O)[C@]12C. The van der Waals surface area contributed by atoms with Crippen LogP contribution in [0.5, 0.6) is 0 Å². The highest BCUT2D eigenvalue weighted by Gasteiger charge is 2.82. The number of halogens is 1. The van der Waals surface area contributed by atoms with Crippen molar-refractivity contribution in [3.63, 3.8) is 0 Å². The molecule has 0 amide bonds. The maximum Gasteiger partial charge on any atom is 0.315 e. The van der Waals surface area contributed by atoms with Gasteiger partial charge in [0, 0.05) is 10.3 Å². The molecule has 1 aliphatic carbocycles. The minimum Gasteiger partial charge on any atom is -0.464 e. The Balaban J connectivity index is 2.14. The number of alkyl halides is 1. The van der Waals surface area contributed by atoms with Gasteiger partial charge in [0.2, 0.25) is 0 Å². The minimum absolute atomic E-state index is 0.0152. The number of carbonyl (C=O) groups is 2. The molecule has 5 atom stereocenters. The van der Waals surface area contributed by atoms with E-state index < -0.39 is 24.7 Å². The normalized spacial score (nSPS) is 43.7. The second kappa shape index (κ2) is 5.44. The average molecular weight is 480 g/mol. The molecule has 3 aliphatic rings. The zero-order valence-corrected chi connectivity index (χ0v) is 19.4. The van der Waals surface area contributed by atoms with Crippen LogP contribution in [0.3, 0.4) is 0 Å². The van der Waals surface area contributed by atoms with E-state index in [0.29, 0.717) is 10.8 Å². The summed E-state index contributed by atoms with van der Waals surface area (Å²) >= 11 is 2.28. The van der Waals surface area contributed by atoms with Gasteiger partial charge in [0.15, 0.2) is 8.32 Å². The van der Waals surface area contributed by atoms with Gasteiger partial charge in [-0.2, -0.15) is 0 Å². The Bertz CT molecular complexity index is 629. The molecule has 3 fully saturated rings. The van der Waals surface area contributed by atoms with Gasteiger partial charge in [-0.05, 0) is 25.1 Å². The lowest BCUT2D eigenvalue weighted by molar-refractivity contribution is -0.161. The third-order valence-electron chi connectivity index (χ3n) is 7.64. The van der Waals surface area contributed by atoms with Gasteiger partial charge in [-0.25, -0.2) is 0 Å². The van der Waals surface area contributed by atoms with Crippen LogP contribution >= 0.6 is 22.6 Å². The molecule has 25 heavy (non-hydrogen) atoms. The molecule has 7 heteroatoms. The number of ether oxygens (including phenoxy) is 2. The van der Waals surface area contributed by atoms with E-state index in [-0.39, 0.29) is 35.6 Å². The predicted molar refractivity (Wildman–Crippen MR) is 105 cm³/mol. The largest absolute Gasteiger partial charge is 0.464 e. The molecule has 0 bridgehead atoms. The van der Waals surface area contributed by atoms with E-state index in [0.717, 1.165) is 0 Å². The van der Waals surface area contributed by atoms with Gasteiger partial charge in [-0.15, -0.1) is 0 Å². The summed E-state index contributed by atoms with van der Waals surface area (Å²) < 4.78 is 18.9. The summed E-state index contributed by atoms with van der Waals surface area (Å²) in [4.78, 5) is 25.1. The maximum absolute atomic E-state index is 12.9. The molecule has 0 N–H and O–H groups in total. The molecule has 5 nitrogen and oxygen atoms in total. The molecule has 0 spiro atoms. The maximum atomic E-state index is 12.9. The molecular weight excluding hydrogens is 451 g/mol. The van der Waals surface area contributed by atoms with Gasteiger partial charge in [0.25, 0.3) is 0 Å². The Morgan fingerprint density at radius 1 is 1.28 bits per heavy atom. The van der Waals surface area contributed by atoms with E-state index in [1.165, 1.54) is 0 Å². The lowest BCUT2D eigenvalue weighted by atomic mass is 9.64. The van der Waals surface area contributed by atoms with E-state index in [2.05, 4.69) is 56.5 Å². The van der Waals surface area contributed by atoms with Gasteiger partial charge in [-0.3, -0.25) is 9.59 Å². The van der Waals surface area contributed by atoms with Crippen LogP contribution in [0.1, 0.15) is 41.0 Å². The van der Waals surface area contributed by atoms with Gasteiger partial charge in [-0.1, -0.05) is 50.3 Å². The molecule has 2 saturated heterocycles. The van der Waals surface area contributed by atoms with Crippen LogP contribution in [0.15, 0.2) is 0 Å². The molecule has 1 saturated carbocycles. The Labute approximate surface area is 164 Å². The second-order valence-electron chi connectivity index (χ2n) is 9.72. The van der Waals surface area contributed by atoms with Gasteiger partial charge in [0.1, 0.15) is 17.6 Å². The van der Waals surface area contributed by atoms with E-state index in [9.17, 15) is 9.59 Å². The third-order valence-corrected chi connectivity index (χ3v) is 13.2. The first-order valence-corrected chi connectivity index (χ1v) is 13.3. The molecule has 0 aromatic rings. The first-order valence-electron chi connectivity index (χ1n) is 8.90. The summed E-state index contributed by atoms with van der Waals surface area (Å²) in [5.74, 6) is -0.504. The summed E-state index contributed by atoms with van der Waals surface area (Å²) in [6.45, 7) is 15.2. The van der Waals surface area contributed by atoms with E-state index >= 15 is 0 Å². The zero-order chi connectivity index (χ0) is 19.1. The second-order valence-corrected chi connectivity index (χ2v) is 15.2. The molecule has 0 aromatic heterocycles. The quantitative estimate of drug-likeness (QED) is 0.267. The summed E-state index contributed by atoms with van der Waals surface area (Å²) in [5, 5.41) is 0.0152. The molecule has 0 unspecified atom stereocenters. The Morgan fingerprint density at radius 2 is 1.88 bits per heavy atom. The molecule has 3 rings (SSSR count). The number of cyclic esters (lactones) is 1. The number of hydrogen-bond acceptors (Lipinski definition) is 5. The molecule has 0 radical (unpaired) electrons. The number of hydrogen-bond donors (Lipinski definition) is 0. The van der Waals surface area contributed by atoms with E-state index in [4.69, 9.17) is 13.9 Å². The molecule has 142 valence electrons. The fourth-order valence-corrected chi connectivity index (χ4v) is 7.59. The van der Waals surface area contributed by atoms with Crippen molar-refractivity contribution in [3.8, 4) is 0 Å². The molecule has 2 aliphatic heterocycles. The van der Waals surface area contributed by atoms with E-state index in [1.54, 1.807) is 0 Å². The van der Waals surface area contributed by atoms with Crippen molar-refractivity contribution in [3.05, 3.63) is 0 Å². The van der Waals surface area contributed by atoms with Gasteiger partial charge >= 0.3 is 11.9 Å². The smallest absolute Gasteiger partial charge is 0.315 e. The number of esters is 2.